The van der Waals surface area contributed by atoms with Gasteiger partial charge in [-0.25, -0.2) is 4.79 Å². The fourth-order valence-electron chi connectivity index (χ4n) is 1.92. The van der Waals surface area contributed by atoms with Gasteiger partial charge in [-0.1, -0.05) is 18.2 Å². The first-order chi connectivity index (χ1) is 9.85. The molecule has 5 heteroatoms. The molecule has 1 aliphatic heterocycles. The highest BCUT2D eigenvalue weighted by atomic mass is 127. The minimum absolute atomic E-state index is 0.275. The van der Waals surface area contributed by atoms with E-state index in [0.717, 1.165) is 14.9 Å². The van der Waals surface area contributed by atoms with Gasteiger partial charge in [0.2, 0.25) is 0 Å². The van der Waals surface area contributed by atoms with Crippen LogP contribution in [0.2, 0.25) is 0 Å². The number of amides is 1. The number of ether oxygens (including phenoxy) is 2. The van der Waals surface area contributed by atoms with Crippen LogP contribution in [0.5, 0.6) is 5.75 Å². The summed E-state index contributed by atoms with van der Waals surface area (Å²) in [5.41, 5.74) is 0.636. The van der Waals surface area contributed by atoms with Crippen LogP contribution in [0.15, 0.2) is 35.9 Å². The molecule has 0 atom stereocenters. The average molecular weight is 401 g/mol. The van der Waals surface area contributed by atoms with Crippen LogP contribution in [-0.2, 0) is 4.74 Å². The van der Waals surface area contributed by atoms with E-state index in [1.165, 1.54) is 0 Å². The monoisotopic (exact) mass is 401 g/mol. The highest BCUT2D eigenvalue weighted by Crippen LogP contribution is 2.21. The van der Waals surface area contributed by atoms with Crippen LogP contribution < -0.4 is 4.74 Å². The van der Waals surface area contributed by atoms with Gasteiger partial charge < -0.3 is 14.4 Å². The quantitative estimate of drug-likeness (QED) is 0.571. The van der Waals surface area contributed by atoms with E-state index < -0.39 is 5.60 Å². The molecule has 0 aromatic heterocycles. The largest absolute Gasteiger partial charge is 0.488 e. The molecule has 0 unspecified atom stereocenters. The first-order valence-electron chi connectivity index (χ1n) is 6.88. The second kappa shape index (κ2) is 6.68. The van der Waals surface area contributed by atoms with Crippen LogP contribution in [0.3, 0.4) is 0 Å². The number of benzene rings is 1. The van der Waals surface area contributed by atoms with Gasteiger partial charge in [-0.15, -0.1) is 0 Å². The van der Waals surface area contributed by atoms with Crippen molar-refractivity contribution in [3.63, 3.8) is 0 Å². The summed E-state index contributed by atoms with van der Waals surface area (Å²) in [5, 5.41) is 0. The first-order valence-corrected chi connectivity index (χ1v) is 7.96. The van der Waals surface area contributed by atoms with Gasteiger partial charge in [-0.3, -0.25) is 0 Å². The SMILES string of the molecule is CC(C)(C)OC(=O)N1CC=C(COc2ccccc2I)C1. The van der Waals surface area contributed by atoms with E-state index in [0.29, 0.717) is 19.7 Å². The molecule has 0 aliphatic carbocycles. The number of carbonyl (C=O) groups is 1. The fraction of sp³-hybridized carbons (Fsp3) is 0.438. The smallest absolute Gasteiger partial charge is 0.410 e. The van der Waals surface area contributed by atoms with Crippen molar-refractivity contribution < 1.29 is 14.3 Å². The second-order valence-corrected chi connectivity index (χ2v) is 7.10. The molecule has 0 N–H and O–H groups in total. The number of para-hydroxylation sites is 1. The second-order valence-electron chi connectivity index (χ2n) is 5.94. The van der Waals surface area contributed by atoms with Gasteiger partial charge in [0, 0.05) is 13.1 Å². The summed E-state index contributed by atoms with van der Waals surface area (Å²) in [6.07, 6.45) is 1.75. The number of hydrogen-bond acceptors (Lipinski definition) is 3. The Bertz CT molecular complexity index is 549. The van der Waals surface area contributed by atoms with Crippen molar-refractivity contribution in [2.75, 3.05) is 19.7 Å². The lowest BCUT2D eigenvalue weighted by Crippen LogP contribution is -2.35. The third-order valence-corrected chi connectivity index (χ3v) is 3.79. The van der Waals surface area contributed by atoms with Crippen molar-refractivity contribution in [3.8, 4) is 5.75 Å². The minimum atomic E-state index is -0.462. The van der Waals surface area contributed by atoms with Crippen LogP contribution in [0, 0.1) is 3.57 Å². The Kier molecular flexibility index (Phi) is 5.13. The Hall–Kier alpha value is -1.24. The van der Waals surface area contributed by atoms with E-state index in [2.05, 4.69) is 22.6 Å². The molecule has 0 radical (unpaired) electrons. The molecule has 1 heterocycles. The Morgan fingerprint density at radius 2 is 2.05 bits per heavy atom. The molecule has 1 aromatic rings. The van der Waals surface area contributed by atoms with Crippen LogP contribution in [0.4, 0.5) is 4.79 Å². The lowest BCUT2D eigenvalue weighted by molar-refractivity contribution is 0.0300. The van der Waals surface area contributed by atoms with E-state index >= 15 is 0 Å². The van der Waals surface area contributed by atoms with Crippen LogP contribution in [0.25, 0.3) is 0 Å². The highest BCUT2D eigenvalue weighted by Gasteiger charge is 2.25. The summed E-state index contributed by atoms with van der Waals surface area (Å²) >= 11 is 2.25. The van der Waals surface area contributed by atoms with E-state index in [-0.39, 0.29) is 6.09 Å². The van der Waals surface area contributed by atoms with Gasteiger partial charge >= 0.3 is 6.09 Å². The predicted octanol–water partition coefficient (Wildman–Crippen LogP) is 3.85. The Balaban J connectivity index is 1.83. The zero-order chi connectivity index (χ0) is 15.5. The third-order valence-electron chi connectivity index (χ3n) is 2.90. The number of hydrogen-bond donors (Lipinski definition) is 0. The maximum atomic E-state index is 12.0. The van der Waals surface area contributed by atoms with Crippen molar-refractivity contribution >= 4 is 28.7 Å². The Morgan fingerprint density at radius 1 is 1.33 bits per heavy atom. The van der Waals surface area contributed by atoms with Gasteiger partial charge in [0.05, 0.1) is 3.57 Å². The van der Waals surface area contributed by atoms with E-state index in [1.807, 2.05) is 51.1 Å². The van der Waals surface area contributed by atoms with Gasteiger partial charge in [0.25, 0.3) is 0 Å². The van der Waals surface area contributed by atoms with Crippen LogP contribution in [0.1, 0.15) is 20.8 Å². The van der Waals surface area contributed by atoms with Crippen LogP contribution >= 0.6 is 22.6 Å². The maximum Gasteiger partial charge on any atom is 0.410 e. The number of carbonyl (C=O) groups excluding carboxylic acids is 1. The number of nitrogens with zero attached hydrogens (tertiary/aromatic N) is 1. The van der Waals surface area contributed by atoms with Crippen molar-refractivity contribution in [2.24, 2.45) is 0 Å². The van der Waals surface area contributed by atoms with Crippen molar-refractivity contribution in [1.82, 2.24) is 4.90 Å². The van der Waals surface area contributed by atoms with Crippen molar-refractivity contribution in [1.29, 1.82) is 0 Å². The van der Waals surface area contributed by atoms with Crippen LogP contribution in [-0.4, -0.2) is 36.3 Å². The summed E-state index contributed by atoms with van der Waals surface area (Å²) < 4.78 is 12.2. The topological polar surface area (TPSA) is 38.8 Å². The molecule has 1 aromatic carbocycles. The van der Waals surface area contributed by atoms with Crippen molar-refractivity contribution in [3.05, 3.63) is 39.5 Å². The highest BCUT2D eigenvalue weighted by molar-refractivity contribution is 14.1. The molecule has 2 rings (SSSR count). The molecule has 1 aliphatic rings. The summed E-state index contributed by atoms with van der Waals surface area (Å²) in [5.74, 6) is 0.870. The summed E-state index contributed by atoms with van der Waals surface area (Å²) in [7, 11) is 0. The standard InChI is InChI=1S/C16H20INO3/c1-16(2,3)21-15(19)18-9-8-12(10-18)11-20-14-7-5-4-6-13(14)17/h4-8H,9-11H2,1-3H3. The molecule has 21 heavy (non-hydrogen) atoms. The minimum Gasteiger partial charge on any atom is -0.488 e. The fourth-order valence-corrected chi connectivity index (χ4v) is 2.46. The summed E-state index contributed by atoms with van der Waals surface area (Å²) in [4.78, 5) is 13.6. The number of halogens is 1. The molecule has 114 valence electrons. The van der Waals surface area contributed by atoms with E-state index in [1.54, 1.807) is 4.90 Å². The average Bonchev–Trinajstić information content (AvgIpc) is 2.85. The van der Waals surface area contributed by atoms with Gasteiger partial charge in [-0.2, -0.15) is 0 Å². The zero-order valence-electron chi connectivity index (χ0n) is 12.6. The summed E-state index contributed by atoms with van der Waals surface area (Å²) in [6.45, 7) is 7.26. The molecule has 0 spiro atoms. The molecule has 0 fully saturated rings. The summed E-state index contributed by atoms with van der Waals surface area (Å²) in [6, 6.07) is 7.88. The lowest BCUT2D eigenvalue weighted by atomic mass is 10.2. The molecular weight excluding hydrogens is 381 g/mol. The van der Waals surface area contributed by atoms with Gasteiger partial charge in [0.15, 0.2) is 0 Å². The van der Waals surface area contributed by atoms with E-state index in [4.69, 9.17) is 9.47 Å². The zero-order valence-corrected chi connectivity index (χ0v) is 14.7. The Labute approximate surface area is 139 Å². The van der Waals surface area contributed by atoms with E-state index in [9.17, 15) is 4.79 Å². The molecule has 0 saturated carbocycles. The number of rotatable bonds is 3. The normalized spacial score (nSPS) is 14.9. The van der Waals surface area contributed by atoms with Gasteiger partial charge in [-0.05, 0) is 61.1 Å². The molecule has 0 saturated heterocycles. The Morgan fingerprint density at radius 3 is 2.71 bits per heavy atom. The molecule has 0 bridgehead atoms. The molecular formula is C16H20INO3. The third kappa shape index (κ3) is 4.91. The van der Waals surface area contributed by atoms with Crippen molar-refractivity contribution in [2.45, 2.75) is 26.4 Å². The predicted molar refractivity (Wildman–Crippen MR) is 90.5 cm³/mol. The first kappa shape index (κ1) is 16.1. The molecule has 4 nitrogen and oxygen atoms in total. The maximum absolute atomic E-state index is 12.0. The van der Waals surface area contributed by atoms with Gasteiger partial charge in [0.1, 0.15) is 18.0 Å². The molecule has 1 amide bonds. The lowest BCUT2D eigenvalue weighted by Gasteiger charge is -2.24.